The van der Waals surface area contributed by atoms with Crippen molar-refractivity contribution in [3.63, 3.8) is 0 Å². The third kappa shape index (κ3) is 3.26. The molecule has 5 nitrogen and oxygen atoms in total. The number of aryl methyl sites for hydroxylation is 2. The molecule has 1 aliphatic rings. The second-order valence-electron chi connectivity index (χ2n) is 6.27. The van der Waals surface area contributed by atoms with Crippen molar-refractivity contribution in [1.82, 2.24) is 19.9 Å². The van der Waals surface area contributed by atoms with Gasteiger partial charge in [-0.3, -0.25) is 4.98 Å². The molecule has 1 N–H and O–H groups in total. The molecule has 0 saturated carbocycles. The van der Waals surface area contributed by atoms with Gasteiger partial charge in [-0.1, -0.05) is 13.0 Å². The van der Waals surface area contributed by atoms with Crippen LogP contribution in [0.5, 0.6) is 0 Å². The van der Waals surface area contributed by atoms with Crippen molar-refractivity contribution >= 4 is 17.2 Å². The number of hydrogen-bond acceptors (Lipinski definition) is 6. The van der Waals surface area contributed by atoms with E-state index < -0.39 is 0 Å². The minimum atomic E-state index is 0.126. The average molecular weight is 351 g/mol. The Hall–Kier alpha value is -2.34. The summed E-state index contributed by atoms with van der Waals surface area (Å²) in [6.45, 7) is 4.30. The van der Waals surface area contributed by atoms with Gasteiger partial charge in [0.25, 0.3) is 0 Å². The third-order valence-electron chi connectivity index (χ3n) is 4.47. The topological polar surface area (TPSA) is 63.6 Å². The van der Waals surface area contributed by atoms with E-state index >= 15 is 0 Å². The Bertz CT molecular complexity index is 875. The van der Waals surface area contributed by atoms with Crippen LogP contribution in [0.25, 0.3) is 11.5 Å². The number of thiazole rings is 1. The van der Waals surface area contributed by atoms with E-state index in [4.69, 9.17) is 9.97 Å². The number of anilines is 1. The molecule has 3 aromatic heterocycles. The van der Waals surface area contributed by atoms with Gasteiger partial charge in [0.1, 0.15) is 16.5 Å². The number of hydrogen-bond donors (Lipinski definition) is 1. The minimum absolute atomic E-state index is 0.126. The Labute approximate surface area is 151 Å². The monoisotopic (exact) mass is 351 g/mol. The van der Waals surface area contributed by atoms with Gasteiger partial charge in [-0.2, -0.15) is 0 Å². The van der Waals surface area contributed by atoms with Crippen LogP contribution in [-0.4, -0.2) is 19.9 Å². The summed E-state index contributed by atoms with van der Waals surface area (Å²) in [6, 6.07) is 5.96. The molecule has 0 bridgehead atoms. The van der Waals surface area contributed by atoms with Crippen LogP contribution in [0.4, 0.5) is 5.82 Å². The maximum atomic E-state index is 4.80. The quantitative estimate of drug-likeness (QED) is 0.745. The van der Waals surface area contributed by atoms with E-state index in [1.165, 1.54) is 10.4 Å². The van der Waals surface area contributed by atoms with Gasteiger partial charge in [0.15, 0.2) is 5.82 Å². The lowest BCUT2D eigenvalue weighted by Gasteiger charge is -2.16. The Kier molecular flexibility index (Phi) is 4.44. The maximum absolute atomic E-state index is 4.80. The van der Waals surface area contributed by atoms with E-state index in [1.54, 1.807) is 17.5 Å². The first-order valence-corrected chi connectivity index (χ1v) is 9.58. The molecule has 0 aliphatic heterocycles. The van der Waals surface area contributed by atoms with E-state index in [0.29, 0.717) is 5.82 Å². The van der Waals surface area contributed by atoms with Crippen LogP contribution < -0.4 is 5.32 Å². The zero-order chi connectivity index (χ0) is 17.2. The molecule has 0 spiro atoms. The fourth-order valence-corrected chi connectivity index (χ4v) is 3.97. The Balaban J connectivity index is 1.67. The molecule has 25 heavy (non-hydrogen) atoms. The normalized spacial score (nSPS) is 14.3. The summed E-state index contributed by atoms with van der Waals surface area (Å²) in [5.74, 6) is 1.63. The molecular weight excluding hydrogens is 330 g/mol. The number of nitrogens with one attached hydrogen (secondary N) is 1. The molecule has 0 radical (unpaired) electrons. The van der Waals surface area contributed by atoms with Crippen molar-refractivity contribution in [2.24, 2.45) is 0 Å². The predicted molar refractivity (Wildman–Crippen MR) is 101 cm³/mol. The second kappa shape index (κ2) is 6.88. The molecule has 6 heteroatoms. The largest absolute Gasteiger partial charge is 0.361 e. The molecule has 1 aliphatic carbocycles. The highest BCUT2D eigenvalue weighted by Crippen LogP contribution is 2.31. The first-order valence-electron chi connectivity index (χ1n) is 8.77. The molecule has 0 saturated heterocycles. The van der Waals surface area contributed by atoms with Crippen LogP contribution in [0.15, 0.2) is 30.6 Å². The lowest BCUT2D eigenvalue weighted by atomic mass is 10.2. The van der Waals surface area contributed by atoms with Crippen LogP contribution in [0, 0.1) is 0 Å². The van der Waals surface area contributed by atoms with Gasteiger partial charge in [0, 0.05) is 28.5 Å². The lowest BCUT2D eigenvalue weighted by Crippen LogP contribution is -2.11. The van der Waals surface area contributed by atoms with E-state index in [2.05, 4.69) is 29.1 Å². The summed E-state index contributed by atoms with van der Waals surface area (Å²) in [4.78, 5) is 19.8. The van der Waals surface area contributed by atoms with Gasteiger partial charge >= 0.3 is 0 Å². The molecule has 1 atom stereocenters. The summed E-state index contributed by atoms with van der Waals surface area (Å²) in [7, 11) is 0. The van der Waals surface area contributed by atoms with Crippen molar-refractivity contribution in [1.29, 1.82) is 0 Å². The second-order valence-corrected chi connectivity index (χ2v) is 7.42. The van der Waals surface area contributed by atoms with E-state index in [1.807, 2.05) is 24.4 Å². The van der Waals surface area contributed by atoms with E-state index in [-0.39, 0.29) is 6.04 Å². The Morgan fingerprint density at radius 3 is 2.88 bits per heavy atom. The molecule has 0 fully saturated rings. The van der Waals surface area contributed by atoms with Gasteiger partial charge in [0.2, 0.25) is 0 Å². The summed E-state index contributed by atoms with van der Waals surface area (Å²) in [5.41, 5.74) is 3.22. The van der Waals surface area contributed by atoms with Crippen molar-refractivity contribution in [3.05, 3.63) is 51.7 Å². The first kappa shape index (κ1) is 16.1. The highest BCUT2D eigenvalue weighted by atomic mass is 32.1. The van der Waals surface area contributed by atoms with Crippen molar-refractivity contribution in [2.45, 2.75) is 45.6 Å². The van der Waals surface area contributed by atoms with Gasteiger partial charge < -0.3 is 5.32 Å². The van der Waals surface area contributed by atoms with Crippen molar-refractivity contribution in [3.8, 4) is 11.5 Å². The van der Waals surface area contributed by atoms with Crippen LogP contribution in [0.1, 0.15) is 47.5 Å². The molecule has 3 aromatic rings. The number of nitrogens with zero attached hydrogens (tertiary/aromatic N) is 4. The summed E-state index contributed by atoms with van der Waals surface area (Å²) in [5, 5.41) is 4.67. The van der Waals surface area contributed by atoms with Gasteiger partial charge in [-0.25, -0.2) is 15.0 Å². The van der Waals surface area contributed by atoms with Gasteiger partial charge in [-0.15, -0.1) is 11.3 Å². The summed E-state index contributed by atoms with van der Waals surface area (Å²) < 4.78 is 0. The zero-order valence-corrected chi connectivity index (χ0v) is 15.3. The third-order valence-corrected chi connectivity index (χ3v) is 5.80. The lowest BCUT2D eigenvalue weighted by molar-refractivity contribution is 0.851. The van der Waals surface area contributed by atoms with Crippen LogP contribution >= 0.6 is 11.3 Å². The van der Waals surface area contributed by atoms with Crippen molar-refractivity contribution in [2.75, 3.05) is 5.32 Å². The van der Waals surface area contributed by atoms with Crippen LogP contribution in [0.3, 0.4) is 0 Å². The van der Waals surface area contributed by atoms with Gasteiger partial charge in [0.05, 0.1) is 6.04 Å². The fourth-order valence-electron chi connectivity index (χ4n) is 3.11. The van der Waals surface area contributed by atoms with E-state index in [9.17, 15) is 0 Å². The number of pyridine rings is 1. The Morgan fingerprint density at radius 2 is 2.12 bits per heavy atom. The predicted octanol–water partition coefficient (Wildman–Crippen LogP) is 4.22. The summed E-state index contributed by atoms with van der Waals surface area (Å²) >= 11 is 1.76. The molecular formula is C19H21N5S. The van der Waals surface area contributed by atoms with Crippen LogP contribution in [0.2, 0.25) is 0 Å². The van der Waals surface area contributed by atoms with Crippen molar-refractivity contribution < 1.29 is 0 Å². The average Bonchev–Trinajstić information content (AvgIpc) is 3.31. The highest BCUT2D eigenvalue weighted by molar-refractivity contribution is 7.11. The molecule has 128 valence electrons. The standard InChI is InChI=1S/C19H21N5S/c1-3-13-11-21-19(25-13)12(2)22-17-14-7-6-9-15(14)23-18(24-17)16-8-4-5-10-20-16/h4-5,8,10-12H,3,6-7,9H2,1-2H3,(H,22,23,24). The highest BCUT2D eigenvalue weighted by Gasteiger charge is 2.22. The van der Waals surface area contributed by atoms with Crippen LogP contribution in [-0.2, 0) is 19.3 Å². The molecule has 0 amide bonds. The number of fused-ring (bicyclic) bond motifs is 1. The SMILES string of the molecule is CCc1cnc(C(C)Nc2nc(-c3ccccn3)nc3c2CCC3)s1. The fraction of sp³-hybridized carbons (Fsp3) is 0.368. The van der Waals surface area contributed by atoms with Gasteiger partial charge in [-0.05, 0) is 44.7 Å². The minimum Gasteiger partial charge on any atom is -0.361 e. The Morgan fingerprint density at radius 1 is 1.20 bits per heavy atom. The zero-order valence-electron chi connectivity index (χ0n) is 14.5. The smallest absolute Gasteiger partial charge is 0.180 e. The number of aromatic nitrogens is 4. The molecule has 0 aromatic carbocycles. The maximum Gasteiger partial charge on any atom is 0.180 e. The summed E-state index contributed by atoms with van der Waals surface area (Å²) in [6.07, 6.45) is 7.96. The molecule has 1 unspecified atom stereocenters. The molecule has 4 rings (SSSR count). The van der Waals surface area contributed by atoms with E-state index in [0.717, 1.165) is 47.9 Å². The number of rotatable bonds is 5. The first-order chi connectivity index (χ1) is 12.2. The molecule has 3 heterocycles.